The van der Waals surface area contributed by atoms with Crippen LogP contribution in [0.1, 0.15) is 17.0 Å². The van der Waals surface area contributed by atoms with Crippen molar-refractivity contribution in [2.24, 2.45) is 0 Å². The van der Waals surface area contributed by atoms with Gasteiger partial charge < -0.3 is 5.11 Å². The van der Waals surface area contributed by atoms with Gasteiger partial charge in [-0.3, -0.25) is 4.79 Å². The fraction of sp³-hybridized carbons (Fsp3) is 0.133. The van der Waals surface area contributed by atoms with Gasteiger partial charge in [-0.05, 0) is 29.7 Å². The highest BCUT2D eigenvalue weighted by Crippen LogP contribution is 2.22. The number of rotatable bonds is 4. The molecule has 0 saturated heterocycles. The Labute approximate surface area is 111 Å². The molecule has 2 nitrogen and oxygen atoms in total. The molecular weight excluding hydrogens is 248 g/mol. The second-order valence-electron chi connectivity index (χ2n) is 4.13. The third-order valence-electron chi connectivity index (χ3n) is 2.85. The Kier molecular flexibility index (Phi) is 4.00. The van der Waals surface area contributed by atoms with Crippen molar-refractivity contribution >= 4 is 17.6 Å². The number of hydrogen-bond acceptors (Lipinski definition) is 1. The highest BCUT2D eigenvalue weighted by Gasteiger charge is 2.19. The summed E-state index contributed by atoms with van der Waals surface area (Å²) in [5.74, 6) is -1.33. The van der Waals surface area contributed by atoms with Crippen molar-refractivity contribution in [1.29, 1.82) is 0 Å². The van der Waals surface area contributed by atoms with Crippen molar-refractivity contribution in [2.45, 2.75) is 12.3 Å². The van der Waals surface area contributed by atoms with Gasteiger partial charge in [0.25, 0.3) is 0 Å². The average Bonchev–Trinajstić information content (AvgIpc) is 2.38. The number of hydrogen-bond donors (Lipinski definition) is 1. The summed E-state index contributed by atoms with van der Waals surface area (Å²) in [7, 11) is 0. The molecule has 3 heteroatoms. The summed E-state index contributed by atoms with van der Waals surface area (Å²) in [5, 5.41) is 9.97. The Hall–Kier alpha value is -1.80. The summed E-state index contributed by atoms with van der Waals surface area (Å²) in [4.78, 5) is 11.3. The van der Waals surface area contributed by atoms with Crippen LogP contribution in [0.2, 0.25) is 5.02 Å². The molecule has 0 aliphatic heterocycles. The standard InChI is InChI=1S/C15H13ClO2/c16-13-8-6-11(7-9-13)10-14(15(17)18)12-4-2-1-3-5-12/h1-9,14H,10H2,(H,17,18)/t14-/m0/s1. The quantitative estimate of drug-likeness (QED) is 0.909. The minimum Gasteiger partial charge on any atom is -0.481 e. The first-order valence-electron chi connectivity index (χ1n) is 5.69. The van der Waals surface area contributed by atoms with Gasteiger partial charge in [0.05, 0.1) is 5.92 Å². The largest absolute Gasteiger partial charge is 0.481 e. The molecule has 0 fully saturated rings. The van der Waals surface area contributed by atoms with Crippen LogP contribution in [0.5, 0.6) is 0 Å². The molecule has 1 atom stereocenters. The van der Waals surface area contributed by atoms with Gasteiger partial charge in [-0.2, -0.15) is 0 Å². The van der Waals surface area contributed by atoms with Gasteiger partial charge in [-0.1, -0.05) is 54.1 Å². The maximum Gasteiger partial charge on any atom is 0.311 e. The molecule has 0 aromatic heterocycles. The molecule has 2 aromatic rings. The number of carbonyl (C=O) groups is 1. The van der Waals surface area contributed by atoms with E-state index in [2.05, 4.69) is 0 Å². The van der Waals surface area contributed by atoms with Crippen LogP contribution in [0.4, 0.5) is 0 Å². The second kappa shape index (κ2) is 5.69. The maximum atomic E-state index is 11.3. The minimum absolute atomic E-state index is 0.469. The van der Waals surface area contributed by atoms with Gasteiger partial charge in [0.1, 0.15) is 0 Å². The first-order chi connectivity index (χ1) is 8.66. The summed E-state index contributed by atoms with van der Waals surface area (Å²) in [6, 6.07) is 16.6. The van der Waals surface area contributed by atoms with Crippen molar-refractivity contribution in [3.05, 3.63) is 70.7 Å². The number of carboxylic acid groups (broad SMARTS) is 1. The van der Waals surface area contributed by atoms with E-state index in [1.54, 1.807) is 12.1 Å². The lowest BCUT2D eigenvalue weighted by molar-refractivity contribution is -0.138. The fourth-order valence-electron chi connectivity index (χ4n) is 1.89. The first-order valence-corrected chi connectivity index (χ1v) is 6.07. The average molecular weight is 261 g/mol. The van der Waals surface area contributed by atoms with Crippen LogP contribution in [-0.2, 0) is 11.2 Å². The highest BCUT2D eigenvalue weighted by atomic mass is 35.5. The number of carboxylic acids is 1. The Morgan fingerprint density at radius 3 is 2.22 bits per heavy atom. The van der Waals surface area contributed by atoms with E-state index in [9.17, 15) is 9.90 Å². The van der Waals surface area contributed by atoms with Crippen molar-refractivity contribution in [3.8, 4) is 0 Å². The van der Waals surface area contributed by atoms with E-state index in [0.717, 1.165) is 11.1 Å². The van der Waals surface area contributed by atoms with Crippen LogP contribution in [0.3, 0.4) is 0 Å². The van der Waals surface area contributed by atoms with Gasteiger partial charge in [0.15, 0.2) is 0 Å². The summed E-state index contributed by atoms with van der Waals surface area (Å²) in [5.41, 5.74) is 1.79. The molecule has 0 aliphatic carbocycles. The molecule has 0 radical (unpaired) electrons. The summed E-state index contributed by atoms with van der Waals surface area (Å²) in [6.07, 6.45) is 0.469. The molecule has 0 unspecified atom stereocenters. The zero-order chi connectivity index (χ0) is 13.0. The molecule has 0 heterocycles. The maximum absolute atomic E-state index is 11.3. The van der Waals surface area contributed by atoms with Crippen molar-refractivity contribution in [3.63, 3.8) is 0 Å². The fourth-order valence-corrected chi connectivity index (χ4v) is 2.02. The van der Waals surface area contributed by atoms with Crippen LogP contribution in [0.25, 0.3) is 0 Å². The molecule has 0 bridgehead atoms. The van der Waals surface area contributed by atoms with Crippen LogP contribution in [-0.4, -0.2) is 11.1 Å². The molecule has 0 spiro atoms. The van der Waals surface area contributed by atoms with Gasteiger partial charge in [-0.25, -0.2) is 0 Å². The third-order valence-corrected chi connectivity index (χ3v) is 3.11. The molecule has 92 valence electrons. The van der Waals surface area contributed by atoms with Crippen molar-refractivity contribution in [2.75, 3.05) is 0 Å². The Morgan fingerprint density at radius 1 is 1.06 bits per heavy atom. The number of aliphatic carboxylic acids is 1. The molecular formula is C15H13ClO2. The minimum atomic E-state index is -0.809. The van der Waals surface area contributed by atoms with Gasteiger partial charge in [-0.15, -0.1) is 0 Å². The van der Waals surface area contributed by atoms with E-state index < -0.39 is 11.9 Å². The molecule has 18 heavy (non-hydrogen) atoms. The van der Waals surface area contributed by atoms with Crippen LogP contribution in [0.15, 0.2) is 54.6 Å². The van der Waals surface area contributed by atoms with E-state index in [4.69, 9.17) is 11.6 Å². The predicted molar refractivity (Wildman–Crippen MR) is 72.0 cm³/mol. The molecule has 0 amide bonds. The molecule has 0 saturated carbocycles. The van der Waals surface area contributed by atoms with E-state index in [1.165, 1.54) is 0 Å². The Morgan fingerprint density at radius 2 is 1.67 bits per heavy atom. The van der Waals surface area contributed by atoms with Crippen molar-refractivity contribution in [1.82, 2.24) is 0 Å². The molecule has 2 rings (SSSR count). The Balaban J connectivity index is 2.22. The van der Waals surface area contributed by atoms with E-state index >= 15 is 0 Å². The third kappa shape index (κ3) is 3.11. The van der Waals surface area contributed by atoms with Crippen LogP contribution in [0, 0.1) is 0 Å². The topological polar surface area (TPSA) is 37.3 Å². The van der Waals surface area contributed by atoms with Gasteiger partial charge in [0, 0.05) is 5.02 Å². The molecule has 2 aromatic carbocycles. The lowest BCUT2D eigenvalue weighted by atomic mass is 9.92. The normalized spacial score (nSPS) is 12.1. The van der Waals surface area contributed by atoms with E-state index in [1.807, 2.05) is 42.5 Å². The van der Waals surface area contributed by atoms with E-state index in [0.29, 0.717) is 11.4 Å². The van der Waals surface area contributed by atoms with Crippen LogP contribution >= 0.6 is 11.6 Å². The van der Waals surface area contributed by atoms with Gasteiger partial charge >= 0.3 is 5.97 Å². The van der Waals surface area contributed by atoms with Crippen molar-refractivity contribution < 1.29 is 9.90 Å². The zero-order valence-electron chi connectivity index (χ0n) is 9.71. The smallest absolute Gasteiger partial charge is 0.311 e. The first kappa shape index (κ1) is 12.7. The lowest BCUT2D eigenvalue weighted by Crippen LogP contribution is -2.14. The highest BCUT2D eigenvalue weighted by molar-refractivity contribution is 6.30. The summed E-state index contributed by atoms with van der Waals surface area (Å²) >= 11 is 5.81. The lowest BCUT2D eigenvalue weighted by Gasteiger charge is -2.12. The van der Waals surface area contributed by atoms with Crippen LogP contribution < -0.4 is 0 Å². The van der Waals surface area contributed by atoms with Gasteiger partial charge in [0.2, 0.25) is 0 Å². The summed E-state index contributed by atoms with van der Waals surface area (Å²) < 4.78 is 0. The summed E-state index contributed by atoms with van der Waals surface area (Å²) in [6.45, 7) is 0. The number of halogens is 1. The Bertz CT molecular complexity index is 520. The zero-order valence-corrected chi connectivity index (χ0v) is 10.5. The van der Waals surface area contributed by atoms with E-state index in [-0.39, 0.29) is 0 Å². The number of benzene rings is 2. The predicted octanol–water partition coefficient (Wildman–Crippen LogP) is 3.75. The molecule has 0 aliphatic rings. The second-order valence-corrected chi connectivity index (χ2v) is 4.57. The monoisotopic (exact) mass is 260 g/mol. The molecule has 1 N–H and O–H groups in total. The SMILES string of the molecule is O=C(O)[C@@H](Cc1ccc(Cl)cc1)c1ccccc1.